The molecule has 3 saturated carbocycles. The number of esters is 1. The molecule has 5 heteroatoms. The molecular formula is C14H14BrClO3. The molecule has 3 aliphatic carbocycles. The van der Waals surface area contributed by atoms with Crippen molar-refractivity contribution in [3.8, 4) is 5.75 Å². The number of benzene rings is 1. The zero-order valence-corrected chi connectivity index (χ0v) is 12.9. The molecule has 1 aromatic carbocycles. The third kappa shape index (κ3) is 2.05. The number of halogens is 2. The lowest BCUT2D eigenvalue weighted by atomic mass is 9.35. The highest BCUT2D eigenvalue weighted by Gasteiger charge is 2.72. The molecule has 3 fully saturated rings. The fourth-order valence-corrected chi connectivity index (χ4v) is 3.80. The fraction of sp³-hybridized carbons (Fsp3) is 0.500. The molecule has 0 heterocycles. The van der Waals surface area contributed by atoms with Gasteiger partial charge in [-0.15, -0.1) is 0 Å². The molecule has 1 aromatic rings. The third-order valence-corrected chi connectivity index (χ3v) is 5.43. The summed E-state index contributed by atoms with van der Waals surface area (Å²) in [6, 6.07) is 5.56. The van der Waals surface area contributed by atoms with E-state index in [1.54, 1.807) is 6.07 Å². The van der Waals surface area contributed by atoms with E-state index in [1.165, 1.54) is 7.11 Å². The van der Waals surface area contributed by atoms with Crippen LogP contribution in [0.25, 0.3) is 0 Å². The highest BCUT2D eigenvalue weighted by molar-refractivity contribution is 9.10. The highest BCUT2D eigenvalue weighted by atomic mass is 79.9. The summed E-state index contributed by atoms with van der Waals surface area (Å²) in [6.07, 6.45) is 2.66. The van der Waals surface area contributed by atoms with Crippen LogP contribution >= 0.6 is 27.5 Å². The summed E-state index contributed by atoms with van der Waals surface area (Å²) in [5.74, 6) is 0.700. The van der Waals surface area contributed by atoms with Crippen molar-refractivity contribution >= 4 is 33.5 Å². The first-order chi connectivity index (χ1) is 8.99. The van der Waals surface area contributed by atoms with Gasteiger partial charge in [0.15, 0.2) is 0 Å². The molecule has 3 nitrogen and oxygen atoms in total. The summed E-state index contributed by atoms with van der Waals surface area (Å²) in [7, 11) is 1.45. The van der Waals surface area contributed by atoms with Gasteiger partial charge in [0.2, 0.25) is 0 Å². The maximum atomic E-state index is 11.6. The summed E-state index contributed by atoms with van der Waals surface area (Å²) in [6.45, 7) is 0.643. The second-order valence-electron chi connectivity index (χ2n) is 5.67. The SMILES string of the molecule is COC(=O)C12CC(COc3ccc(Br)c(Cl)c3)(C1)C2. The van der Waals surface area contributed by atoms with Crippen molar-refractivity contribution in [2.45, 2.75) is 19.3 Å². The molecule has 4 rings (SSSR count). The molecular weight excluding hydrogens is 332 g/mol. The minimum atomic E-state index is -0.199. The standard InChI is InChI=1S/C14H14BrClO3/c1-18-12(17)14-5-13(6-14,7-14)8-19-9-2-3-10(15)11(16)4-9/h2-4H,5-8H2,1H3. The van der Waals surface area contributed by atoms with Crippen LogP contribution in [0.3, 0.4) is 0 Å². The van der Waals surface area contributed by atoms with Gasteiger partial charge in [-0.3, -0.25) is 4.79 Å². The van der Waals surface area contributed by atoms with Gasteiger partial charge in [-0.05, 0) is 53.4 Å². The maximum Gasteiger partial charge on any atom is 0.311 e. The van der Waals surface area contributed by atoms with Crippen LogP contribution in [-0.4, -0.2) is 19.7 Å². The van der Waals surface area contributed by atoms with Crippen LogP contribution in [0.15, 0.2) is 22.7 Å². The van der Waals surface area contributed by atoms with E-state index >= 15 is 0 Å². The number of carbonyl (C=O) groups is 1. The summed E-state index contributed by atoms with van der Waals surface area (Å²) >= 11 is 9.36. The Kier molecular flexibility index (Phi) is 3.06. The molecule has 0 N–H and O–H groups in total. The number of methoxy groups -OCH3 is 1. The average Bonchev–Trinajstić information content (AvgIpc) is 2.29. The predicted molar refractivity (Wildman–Crippen MR) is 75.4 cm³/mol. The van der Waals surface area contributed by atoms with Crippen molar-refractivity contribution in [3.05, 3.63) is 27.7 Å². The normalized spacial score (nSPS) is 31.1. The van der Waals surface area contributed by atoms with Crippen molar-refractivity contribution in [3.63, 3.8) is 0 Å². The van der Waals surface area contributed by atoms with Crippen LogP contribution < -0.4 is 4.74 Å². The van der Waals surface area contributed by atoms with Crippen LogP contribution in [0.1, 0.15) is 19.3 Å². The zero-order valence-electron chi connectivity index (χ0n) is 10.5. The van der Waals surface area contributed by atoms with Gasteiger partial charge in [-0.1, -0.05) is 11.6 Å². The zero-order chi connectivity index (χ0) is 13.7. The smallest absolute Gasteiger partial charge is 0.311 e. The molecule has 2 bridgehead atoms. The van der Waals surface area contributed by atoms with Crippen LogP contribution in [0.5, 0.6) is 5.75 Å². The van der Waals surface area contributed by atoms with Crippen molar-refractivity contribution in [1.82, 2.24) is 0 Å². The maximum absolute atomic E-state index is 11.6. The van der Waals surface area contributed by atoms with E-state index < -0.39 is 0 Å². The molecule has 0 aromatic heterocycles. The van der Waals surface area contributed by atoms with Gasteiger partial charge in [-0.2, -0.15) is 0 Å². The van der Waals surface area contributed by atoms with E-state index in [2.05, 4.69) is 15.9 Å². The van der Waals surface area contributed by atoms with Gasteiger partial charge in [-0.25, -0.2) is 0 Å². The summed E-state index contributed by atoms with van der Waals surface area (Å²) in [5.41, 5.74) is -0.0246. The van der Waals surface area contributed by atoms with Gasteiger partial charge in [0.05, 0.1) is 24.2 Å². The Morgan fingerprint density at radius 1 is 1.42 bits per heavy atom. The average molecular weight is 346 g/mol. The van der Waals surface area contributed by atoms with E-state index in [9.17, 15) is 4.79 Å². The van der Waals surface area contributed by atoms with E-state index in [0.717, 1.165) is 29.5 Å². The lowest BCUT2D eigenvalue weighted by Gasteiger charge is -2.68. The van der Waals surface area contributed by atoms with Crippen LogP contribution in [0.2, 0.25) is 5.02 Å². The molecule has 0 radical (unpaired) electrons. The van der Waals surface area contributed by atoms with Crippen molar-refractivity contribution < 1.29 is 14.3 Å². The Labute approximate surface area is 125 Å². The number of hydrogen-bond acceptors (Lipinski definition) is 3. The number of rotatable bonds is 4. The first-order valence-electron chi connectivity index (χ1n) is 6.15. The number of carbonyl (C=O) groups excluding carboxylic acids is 1. The summed E-state index contributed by atoms with van der Waals surface area (Å²) < 4.78 is 11.5. The Morgan fingerprint density at radius 2 is 2.11 bits per heavy atom. The topological polar surface area (TPSA) is 35.5 Å². The van der Waals surface area contributed by atoms with Crippen LogP contribution in [-0.2, 0) is 9.53 Å². The van der Waals surface area contributed by atoms with E-state index in [1.807, 2.05) is 12.1 Å². The monoisotopic (exact) mass is 344 g/mol. The van der Waals surface area contributed by atoms with Crippen LogP contribution in [0.4, 0.5) is 0 Å². The number of hydrogen-bond donors (Lipinski definition) is 0. The Bertz CT molecular complexity index is 524. The quantitative estimate of drug-likeness (QED) is 0.778. The van der Waals surface area contributed by atoms with Gasteiger partial charge in [0, 0.05) is 9.89 Å². The van der Waals surface area contributed by atoms with Crippen LogP contribution in [0, 0.1) is 10.8 Å². The lowest BCUT2D eigenvalue weighted by molar-refractivity contribution is -0.233. The Hall–Kier alpha value is -0.740. The molecule has 0 aliphatic heterocycles. The molecule has 19 heavy (non-hydrogen) atoms. The second-order valence-corrected chi connectivity index (χ2v) is 6.93. The highest BCUT2D eigenvalue weighted by Crippen LogP contribution is 2.73. The molecule has 0 spiro atoms. The third-order valence-electron chi connectivity index (χ3n) is 4.19. The Morgan fingerprint density at radius 3 is 2.68 bits per heavy atom. The van der Waals surface area contributed by atoms with E-state index in [0.29, 0.717) is 11.6 Å². The van der Waals surface area contributed by atoms with Crippen molar-refractivity contribution in [1.29, 1.82) is 0 Å². The van der Waals surface area contributed by atoms with Gasteiger partial charge in [0.1, 0.15) is 5.75 Å². The molecule has 0 atom stereocenters. The predicted octanol–water partition coefficient (Wildman–Crippen LogP) is 3.82. The van der Waals surface area contributed by atoms with E-state index in [-0.39, 0.29) is 16.8 Å². The van der Waals surface area contributed by atoms with Gasteiger partial charge in [0.25, 0.3) is 0 Å². The lowest BCUT2D eigenvalue weighted by Crippen LogP contribution is -2.67. The Balaban J connectivity index is 1.56. The minimum Gasteiger partial charge on any atom is -0.493 e. The van der Waals surface area contributed by atoms with Crippen molar-refractivity contribution in [2.24, 2.45) is 10.8 Å². The first-order valence-corrected chi connectivity index (χ1v) is 7.32. The second kappa shape index (κ2) is 4.38. The molecule has 3 aliphatic rings. The largest absolute Gasteiger partial charge is 0.493 e. The van der Waals surface area contributed by atoms with E-state index in [4.69, 9.17) is 21.1 Å². The fourth-order valence-electron chi connectivity index (χ4n) is 3.39. The van der Waals surface area contributed by atoms with Gasteiger partial charge >= 0.3 is 5.97 Å². The molecule has 0 saturated heterocycles. The summed E-state index contributed by atoms with van der Waals surface area (Å²) in [5, 5.41) is 0.640. The molecule has 0 unspecified atom stereocenters. The number of ether oxygens (including phenoxy) is 2. The minimum absolute atomic E-state index is 0.0685. The van der Waals surface area contributed by atoms with Crippen molar-refractivity contribution in [2.75, 3.05) is 13.7 Å². The summed E-state index contributed by atoms with van der Waals surface area (Å²) in [4.78, 5) is 11.6. The molecule has 0 amide bonds. The first kappa shape index (κ1) is 13.3. The molecule has 102 valence electrons. The van der Waals surface area contributed by atoms with Gasteiger partial charge < -0.3 is 9.47 Å².